The van der Waals surface area contributed by atoms with E-state index >= 15 is 0 Å². The summed E-state index contributed by atoms with van der Waals surface area (Å²) in [6.45, 7) is 1.39. The molecule has 0 aliphatic carbocycles. The van der Waals surface area contributed by atoms with E-state index in [0.29, 0.717) is 6.42 Å². The van der Waals surface area contributed by atoms with Crippen LogP contribution < -0.4 is 0 Å². The Balaban J connectivity index is 0.000000534. The lowest BCUT2D eigenvalue weighted by atomic mass is 9.95. The number of nitrogens with zero attached hydrogens (tertiary/aromatic N) is 3. The smallest absolute Gasteiger partial charge is 0.241 e. The minimum atomic E-state index is -1.11. The molecule has 0 saturated heterocycles. The highest BCUT2D eigenvalue weighted by molar-refractivity contribution is 5.77. The lowest BCUT2D eigenvalue weighted by Crippen LogP contribution is -2.02. The van der Waals surface area contributed by atoms with Crippen molar-refractivity contribution in [2.45, 2.75) is 25.3 Å². The minimum Gasteiger partial charge on any atom is -0.384 e. The number of nitrogens with one attached hydrogen (secondary N) is 1. The fourth-order valence-corrected chi connectivity index (χ4v) is 1.48. The molecule has 0 saturated carbocycles. The van der Waals surface area contributed by atoms with E-state index in [0.717, 1.165) is 5.56 Å². The normalized spacial score (nSPS) is 9.86. The molecule has 6 heteroatoms. The summed E-state index contributed by atoms with van der Waals surface area (Å²) in [5, 5.41) is 27.0. The second-order valence-corrected chi connectivity index (χ2v) is 4.14. The van der Waals surface area contributed by atoms with Crippen molar-refractivity contribution < 1.29 is 9.90 Å². The predicted molar refractivity (Wildman–Crippen MR) is 79.5 cm³/mol. The standard InChI is InChI=1S/C13H14O2.C3H2N4/c1-11(15)10-13(8-5-9-14)12-6-3-2-4-7-12;4-1-3(2-5)7-6/h2-4,6-7,13-14H,9-10H2,1H3;3,6H. The molecule has 22 heavy (non-hydrogen) atoms. The maximum atomic E-state index is 11.1. The van der Waals surface area contributed by atoms with Crippen LogP contribution in [0.3, 0.4) is 0 Å². The maximum absolute atomic E-state index is 11.1. The van der Waals surface area contributed by atoms with Crippen LogP contribution in [0.4, 0.5) is 0 Å². The van der Waals surface area contributed by atoms with Gasteiger partial charge in [-0.1, -0.05) is 42.2 Å². The Labute approximate surface area is 129 Å². The molecule has 0 spiro atoms. The molecule has 0 heterocycles. The van der Waals surface area contributed by atoms with Gasteiger partial charge in [-0.15, -0.1) is 0 Å². The van der Waals surface area contributed by atoms with Gasteiger partial charge < -0.3 is 5.11 Å². The number of benzene rings is 1. The van der Waals surface area contributed by atoms with Crippen molar-refractivity contribution in [3.63, 3.8) is 0 Å². The van der Waals surface area contributed by atoms with Crippen molar-refractivity contribution in [3.8, 4) is 24.0 Å². The summed E-state index contributed by atoms with van der Waals surface area (Å²) in [6.07, 6.45) is 0.400. The van der Waals surface area contributed by atoms with Gasteiger partial charge in [-0.3, -0.25) is 4.79 Å². The molecular weight excluding hydrogens is 280 g/mol. The van der Waals surface area contributed by atoms with Crippen molar-refractivity contribution in [1.82, 2.24) is 0 Å². The minimum absolute atomic E-state index is 0.101. The van der Waals surface area contributed by atoms with Gasteiger partial charge in [0.1, 0.15) is 24.5 Å². The van der Waals surface area contributed by atoms with E-state index in [2.05, 4.69) is 17.0 Å². The van der Waals surface area contributed by atoms with Gasteiger partial charge in [-0.2, -0.15) is 15.6 Å². The van der Waals surface area contributed by atoms with Crippen molar-refractivity contribution in [2.24, 2.45) is 5.11 Å². The van der Waals surface area contributed by atoms with Crippen LogP contribution in [0.2, 0.25) is 0 Å². The van der Waals surface area contributed by atoms with Crippen LogP contribution >= 0.6 is 0 Å². The predicted octanol–water partition coefficient (Wildman–Crippen LogP) is 2.18. The number of carbonyl (C=O) groups excluding carboxylic acids is 1. The largest absolute Gasteiger partial charge is 0.384 e. The highest BCUT2D eigenvalue weighted by Gasteiger charge is 2.10. The monoisotopic (exact) mass is 296 g/mol. The van der Waals surface area contributed by atoms with E-state index in [1.54, 1.807) is 6.92 Å². The van der Waals surface area contributed by atoms with E-state index in [-0.39, 0.29) is 18.3 Å². The third-order valence-corrected chi connectivity index (χ3v) is 2.42. The SMILES string of the molecule is CC(=O)CC(C#CCO)c1ccccc1.N#CC(C#N)N=N. The van der Waals surface area contributed by atoms with Gasteiger partial charge >= 0.3 is 0 Å². The topological polar surface area (TPSA) is 121 Å². The summed E-state index contributed by atoms with van der Waals surface area (Å²) in [7, 11) is 0. The summed E-state index contributed by atoms with van der Waals surface area (Å²) in [5.41, 5.74) is 7.16. The van der Waals surface area contributed by atoms with Crippen molar-refractivity contribution in [1.29, 1.82) is 16.1 Å². The molecular formula is C16H16N4O2. The molecule has 0 aliphatic rings. The molecule has 1 unspecified atom stereocenters. The van der Waals surface area contributed by atoms with Gasteiger partial charge in [-0.25, -0.2) is 5.53 Å². The second-order valence-electron chi connectivity index (χ2n) is 4.14. The van der Waals surface area contributed by atoms with E-state index in [1.165, 1.54) is 12.1 Å². The molecule has 1 rings (SSSR count). The second kappa shape index (κ2) is 11.8. The van der Waals surface area contributed by atoms with Crippen LogP contribution in [0.1, 0.15) is 24.8 Å². The Morgan fingerprint density at radius 2 is 1.91 bits per heavy atom. The molecule has 0 amide bonds. The number of carbonyl (C=O) groups is 1. The van der Waals surface area contributed by atoms with E-state index < -0.39 is 6.04 Å². The van der Waals surface area contributed by atoms with Crippen LogP contribution in [-0.2, 0) is 4.79 Å². The summed E-state index contributed by atoms with van der Waals surface area (Å²) >= 11 is 0. The number of hydrogen-bond acceptors (Lipinski definition) is 6. The number of nitriles is 2. The number of aliphatic hydroxyl groups excluding tert-OH is 1. The Bertz CT molecular complexity index is 604. The van der Waals surface area contributed by atoms with Crippen LogP contribution in [0.5, 0.6) is 0 Å². The van der Waals surface area contributed by atoms with Crippen LogP contribution in [0, 0.1) is 40.0 Å². The average Bonchev–Trinajstić information content (AvgIpc) is 2.54. The number of Topliss-reactive ketones (excluding diaryl/α,β-unsaturated/α-hetero) is 1. The molecule has 1 aromatic rings. The van der Waals surface area contributed by atoms with Gasteiger partial charge in [0.05, 0.1) is 5.92 Å². The van der Waals surface area contributed by atoms with Gasteiger partial charge in [-0.05, 0) is 12.5 Å². The summed E-state index contributed by atoms with van der Waals surface area (Å²) in [4.78, 5) is 11.1. The molecule has 1 aromatic carbocycles. The third kappa shape index (κ3) is 8.22. The molecule has 112 valence electrons. The van der Waals surface area contributed by atoms with Crippen molar-refractivity contribution in [3.05, 3.63) is 35.9 Å². The van der Waals surface area contributed by atoms with E-state index in [4.69, 9.17) is 21.2 Å². The quantitative estimate of drug-likeness (QED) is 0.653. The van der Waals surface area contributed by atoms with Crippen LogP contribution in [0.25, 0.3) is 0 Å². The first kappa shape index (κ1) is 19.0. The molecule has 0 aliphatic heterocycles. The molecule has 2 N–H and O–H groups in total. The molecule has 0 radical (unpaired) electrons. The fourth-order valence-electron chi connectivity index (χ4n) is 1.48. The zero-order chi connectivity index (χ0) is 16.8. The Kier molecular flexibility index (Phi) is 10.2. The maximum Gasteiger partial charge on any atom is 0.241 e. The first-order valence-corrected chi connectivity index (χ1v) is 6.38. The molecule has 6 nitrogen and oxygen atoms in total. The number of aliphatic hydroxyl groups is 1. The average molecular weight is 296 g/mol. The first-order valence-electron chi connectivity index (χ1n) is 6.38. The number of ketones is 1. The third-order valence-electron chi connectivity index (χ3n) is 2.42. The molecule has 0 bridgehead atoms. The summed E-state index contributed by atoms with van der Waals surface area (Å²) < 4.78 is 0. The number of rotatable bonds is 4. The lowest BCUT2D eigenvalue weighted by molar-refractivity contribution is -0.117. The first-order chi connectivity index (χ1) is 10.6. The molecule has 0 fully saturated rings. The summed E-state index contributed by atoms with van der Waals surface area (Å²) in [5.74, 6) is 5.51. The van der Waals surface area contributed by atoms with Crippen molar-refractivity contribution >= 4 is 5.78 Å². The van der Waals surface area contributed by atoms with Gasteiger partial charge in [0.2, 0.25) is 6.04 Å². The van der Waals surface area contributed by atoms with E-state index in [1.807, 2.05) is 30.3 Å². The van der Waals surface area contributed by atoms with Gasteiger partial charge in [0, 0.05) is 6.42 Å². The lowest BCUT2D eigenvalue weighted by Gasteiger charge is -2.08. The Morgan fingerprint density at radius 1 is 1.32 bits per heavy atom. The van der Waals surface area contributed by atoms with Gasteiger partial charge in [0.25, 0.3) is 0 Å². The zero-order valence-electron chi connectivity index (χ0n) is 12.2. The highest BCUT2D eigenvalue weighted by Crippen LogP contribution is 2.18. The zero-order valence-corrected chi connectivity index (χ0v) is 12.2. The Hall–Kier alpha value is -3.01. The fraction of sp³-hybridized carbons (Fsp3) is 0.312. The van der Waals surface area contributed by atoms with Crippen LogP contribution in [0.15, 0.2) is 35.4 Å². The summed E-state index contributed by atoms with van der Waals surface area (Å²) in [6, 6.07) is 11.5. The molecule has 1 atom stereocenters. The highest BCUT2D eigenvalue weighted by atomic mass is 16.2. The van der Waals surface area contributed by atoms with Crippen LogP contribution in [-0.4, -0.2) is 23.5 Å². The number of hydrogen-bond donors (Lipinski definition) is 2. The van der Waals surface area contributed by atoms with Gasteiger partial charge in [0.15, 0.2) is 0 Å². The Morgan fingerprint density at radius 3 is 2.27 bits per heavy atom. The van der Waals surface area contributed by atoms with E-state index in [9.17, 15) is 4.79 Å². The molecule has 0 aromatic heterocycles. The van der Waals surface area contributed by atoms with Crippen molar-refractivity contribution in [2.75, 3.05) is 6.61 Å².